The van der Waals surface area contributed by atoms with Gasteiger partial charge in [0.1, 0.15) is 12.4 Å². The predicted octanol–water partition coefficient (Wildman–Crippen LogP) is 2.99. The Hall–Kier alpha value is -1.58. The van der Waals surface area contributed by atoms with Crippen LogP contribution in [-0.4, -0.2) is 17.6 Å². The minimum atomic E-state index is -0.0968. The van der Waals surface area contributed by atoms with Crippen LogP contribution in [0.4, 0.5) is 0 Å². The summed E-state index contributed by atoms with van der Waals surface area (Å²) in [6.07, 6.45) is 4.17. The molecule has 2 aromatic rings. The van der Waals surface area contributed by atoms with Gasteiger partial charge in [-0.25, -0.2) is 0 Å². The first kappa shape index (κ1) is 13.8. The summed E-state index contributed by atoms with van der Waals surface area (Å²) >= 11 is 6.10. The Morgan fingerprint density at radius 2 is 2.11 bits per heavy atom. The van der Waals surface area contributed by atoms with E-state index in [2.05, 4.69) is 4.98 Å². The lowest BCUT2D eigenvalue weighted by Gasteiger charge is -2.14. The molecular formula is C15H17ClN2O. The molecule has 0 aliphatic rings. The molecule has 1 aromatic heterocycles. The van der Waals surface area contributed by atoms with Crippen molar-refractivity contribution in [2.24, 2.45) is 5.73 Å². The molecule has 2 N–H and O–H groups in total. The lowest BCUT2D eigenvalue weighted by atomic mass is 10.1. The largest absolute Gasteiger partial charge is 0.490 e. The monoisotopic (exact) mass is 276 g/mol. The minimum Gasteiger partial charge on any atom is -0.490 e. The van der Waals surface area contributed by atoms with Crippen LogP contribution in [0.5, 0.6) is 5.75 Å². The quantitative estimate of drug-likeness (QED) is 0.913. The molecule has 0 saturated heterocycles. The maximum Gasteiger partial charge on any atom is 0.137 e. The number of hydrogen-bond donors (Lipinski definition) is 1. The molecule has 4 heteroatoms. The van der Waals surface area contributed by atoms with Gasteiger partial charge in [-0.3, -0.25) is 4.98 Å². The van der Waals surface area contributed by atoms with Crippen LogP contribution in [0.2, 0.25) is 5.02 Å². The molecule has 0 spiro atoms. The van der Waals surface area contributed by atoms with Crippen molar-refractivity contribution in [3.05, 3.63) is 58.9 Å². The molecule has 0 amide bonds. The van der Waals surface area contributed by atoms with E-state index in [1.165, 1.54) is 0 Å². The molecule has 3 nitrogen and oxygen atoms in total. The zero-order valence-corrected chi connectivity index (χ0v) is 11.6. The van der Waals surface area contributed by atoms with Gasteiger partial charge < -0.3 is 10.5 Å². The van der Waals surface area contributed by atoms with Crippen LogP contribution in [0.25, 0.3) is 0 Å². The third-order valence-electron chi connectivity index (χ3n) is 2.75. The molecule has 0 bridgehead atoms. The maximum absolute atomic E-state index is 6.10. The van der Waals surface area contributed by atoms with E-state index in [-0.39, 0.29) is 6.04 Å². The van der Waals surface area contributed by atoms with Crippen molar-refractivity contribution in [3.63, 3.8) is 0 Å². The van der Waals surface area contributed by atoms with Gasteiger partial charge in [-0.15, -0.1) is 0 Å². The molecule has 1 heterocycles. The summed E-state index contributed by atoms with van der Waals surface area (Å²) in [7, 11) is 0. The van der Waals surface area contributed by atoms with E-state index in [1.54, 1.807) is 12.4 Å². The van der Waals surface area contributed by atoms with Gasteiger partial charge in [-0.05, 0) is 36.6 Å². The highest BCUT2D eigenvalue weighted by atomic mass is 35.5. The Bertz CT molecular complexity index is 545. The van der Waals surface area contributed by atoms with Crippen LogP contribution in [-0.2, 0) is 6.42 Å². The Morgan fingerprint density at radius 1 is 1.32 bits per heavy atom. The van der Waals surface area contributed by atoms with E-state index in [0.717, 1.165) is 21.9 Å². The van der Waals surface area contributed by atoms with E-state index < -0.39 is 0 Å². The van der Waals surface area contributed by atoms with Gasteiger partial charge in [0.15, 0.2) is 0 Å². The lowest BCUT2D eigenvalue weighted by Crippen LogP contribution is -2.30. The highest BCUT2D eigenvalue weighted by molar-refractivity contribution is 6.31. The molecule has 2 rings (SSSR count). The topological polar surface area (TPSA) is 48.1 Å². The van der Waals surface area contributed by atoms with Gasteiger partial charge in [0.2, 0.25) is 0 Å². The van der Waals surface area contributed by atoms with Gasteiger partial charge in [0.25, 0.3) is 0 Å². The number of aryl methyl sites for hydroxylation is 1. The van der Waals surface area contributed by atoms with Crippen molar-refractivity contribution in [2.45, 2.75) is 19.4 Å². The molecule has 1 aromatic carbocycles. The van der Waals surface area contributed by atoms with E-state index >= 15 is 0 Å². The second-order valence-corrected chi connectivity index (χ2v) is 4.97. The lowest BCUT2D eigenvalue weighted by molar-refractivity contribution is 0.286. The molecule has 0 fully saturated rings. The smallest absolute Gasteiger partial charge is 0.137 e. The summed E-state index contributed by atoms with van der Waals surface area (Å²) in [5.41, 5.74) is 8.17. The van der Waals surface area contributed by atoms with E-state index in [0.29, 0.717) is 13.0 Å². The van der Waals surface area contributed by atoms with Gasteiger partial charge in [-0.2, -0.15) is 0 Å². The van der Waals surface area contributed by atoms with Crippen molar-refractivity contribution in [2.75, 3.05) is 6.61 Å². The third-order valence-corrected chi connectivity index (χ3v) is 3.12. The van der Waals surface area contributed by atoms with Crippen molar-refractivity contribution in [1.29, 1.82) is 0 Å². The number of pyridine rings is 1. The SMILES string of the molecule is Cc1cncc(OC[C@@H](N)Cc2ccccc2Cl)c1. The van der Waals surface area contributed by atoms with Crippen LogP contribution >= 0.6 is 11.6 Å². The summed E-state index contributed by atoms with van der Waals surface area (Å²) < 4.78 is 5.63. The number of rotatable bonds is 5. The van der Waals surface area contributed by atoms with Crippen molar-refractivity contribution in [1.82, 2.24) is 4.98 Å². The van der Waals surface area contributed by atoms with Crippen molar-refractivity contribution in [3.8, 4) is 5.75 Å². The summed E-state index contributed by atoms with van der Waals surface area (Å²) in [6, 6.07) is 9.56. The minimum absolute atomic E-state index is 0.0968. The van der Waals surface area contributed by atoms with E-state index in [1.807, 2.05) is 37.3 Å². The molecule has 0 radical (unpaired) electrons. The fourth-order valence-corrected chi connectivity index (χ4v) is 2.03. The number of benzene rings is 1. The Morgan fingerprint density at radius 3 is 2.84 bits per heavy atom. The van der Waals surface area contributed by atoms with Gasteiger partial charge in [0.05, 0.1) is 6.20 Å². The number of nitrogens with zero attached hydrogens (tertiary/aromatic N) is 1. The second-order valence-electron chi connectivity index (χ2n) is 4.56. The fourth-order valence-electron chi connectivity index (χ4n) is 1.81. The third kappa shape index (κ3) is 4.23. The first-order chi connectivity index (χ1) is 9.15. The van der Waals surface area contributed by atoms with Crippen LogP contribution < -0.4 is 10.5 Å². The van der Waals surface area contributed by atoms with Gasteiger partial charge >= 0.3 is 0 Å². The van der Waals surface area contributed by atoms with Crippen LogP contribution in [0.1, 0.15) is 11.1 Å². The number of ether oxygens (including phenoxy) is 1. The van der Waals surface area contributed by atoms with Crippen LogP contribution in [0.3, 0.4) is 0 Å². The van der Waals surface area contributed by atoms with Crippen molar-refractivity contribution < 1.29 is 4.74 Å². The zero-order valence-electron chi connectivity index (χ0n) is 10.8. The highest BCUT2D eigenvalue weighted by Crippen LogP contribution is 2.17. The number of aromatic nitrogens is 1. The van der Waals surface area contributed by atoms with Crippen molar-refractivity contribution >= 4 is 11.6 Å². The predicted molar refractivity (Wildman–Crippen MR) is 77.6 cm³/mol. The number of nitrogens with two attached hydrogens (primary N) is 1. The summed E-state index contributed by atoms with van der Waals surface area (Å²) in [4.78, 5) is 4.07. The fraction of sp³-hybridized carbons (Fsp3) is 0.267. The normalized spacial score (nSPS) is 12.2. The molecule has 100 valence electrons. The molecule has 0 aliphatic heterocycles. The molecule has 1 atom stereocenters. The number of hydrogen-bond acceptors (Lipinski definition) is 3. The average molecular weight is 277 g/mol. The zero-order chi connectivity index (χ0) is 13.7. The second kappa shape index (κ2) is 6.55. The summed E-state index contributed by atoms with van der Waals surface area (Å²) in [5.74, 6) is 0.745. The highest BCUT2D eigenvalue weighted by Gasteiger charge is 2.08. The van der Waals surface area contributed by atoms with Gasteiger partial charge in [-0.1, -0.05) is 29.8 Å². The average Bonchev–Trinajstić information content (AvgIpc) is 2.39. The first-order valence-corrected chi connectivity index (χ1v) is 6.56. The van der Waals surface area contributed by atoms with Crippen LogP contribution in [0.15, 0.2) is 42.7 Å². The Labute approximate surface area is 118 Å². The maximum atomic E-state index is 6.10. The molecular weight excluding hydrogens is 260 g/mol. The summed E-state index contributed by atoms with van der Waals surface area (Å²) in [5, 5.41) is 0.746. The van der Waals surface area contributed by atoms with Gasteiger partial charge in [0, 0.05) is 17.3 Å². The Kier molecular flexibility index (Phi) is 4.77. The molecule has 19 heavy (non-hydrogen) atoms. The Balaban J connectivity index is 1.88. The molecule has 0 saturated carbocycles. The van der Waals surface area contributed by atoms with E-state index in [9.17, 15) is 0 Å². The number of halogens is 1. The van der Waals surface area contributed by atoms with E-state index in [4.69, 9.17) is 22.1 Å². The van der Waals surface area contributed by atoms with Crippen LogP contribution in [0, 0.1) is 6.92 Å². The molecule has 0 aliphatic carbocycles. The molecule has 0 unspecified atom stereocenters. The first-order valence-electron chi connectivity index (χ1n) is 6.18. The summed E-state index contributed by atoms with van der Waals surface area (Å²) in [6.45, 7) is 2.42. The standard InChI is InChI=1S/C15H17ClN2O/c1-11-6-14(9-18-8-11)19-10-13(17)7-12-4-2-3-5-15(12)16/h2-6,8-9,13H,7,10,17H2,1H3/t13-/m0/s1.